The minimum atomic E-state index is -3.06. The first-order valence-electron chi connectivity index (χ1n) is 6.60. The van der Waals surface area contributed by atoms with Gasteiger partial charge in [-0.3, -0.25) is 4.90 Å². The number of hydrogen-bond acceptors (Lipinski definition) is 6. The van der Waals surface area contributed by atoms with Gasteiger partial charge in [-0.15, -0.1) is 0 Å². The van der Waals surface area contributed by atoms with Gasteiger partial charge in [0, 0.05) is 50.7 Å². The van der Waals surface area contributed by atoms with Gasteiger partial charge in [0.25, 0.3) is 0 Å². The number of methoxy groups -OCH3 is 1. The fourth-order valence-electron chi connectivity index (χ4n) is 2.14. The molecule has 1 aromatic rings. The smallest absolute Gasteiger partial charge is 0.316 e. The van der Waals surface area contributed by atoms with Crippen LogP contribution < -0.4 is 4.74 Å². The lowest BCUT2D eigenvalue weighted by Crippen LogP contribution is -2.48. The van der Waals surface area contributed by atoms with Crippen LogP contribution in [0.4, 0.5) is 0 Å². The van der Waals surface area contributed by atoms with Crippen molar-refractivity contribution >= 4 is 10.0 Å². The molecule has 1 fully saturated rings. The third-order valence-corrected chi connectivity index (χ3v) is 5.24. The summed E-state index contributed by atoms with van der Waals surface area (Å²) in [5.74, 6) is 0.166. The summed E-state index contributed by atoms with van der Waals surface area (Å²) < 4.78 is 30.0. The number of piperazine rings is 1. The van der Waals surface area contributed by atoms with Crippen molar-refractivity contribution in [1.29, 1.82) is 0 Å². The molecule has 0 saturated carbocycles. The van der Waals surface area contributed by atoms with Crippen LogP contribution in [-0.4, -0.2) is 66.6 Å². The molecule has 0 atom stereocenters. The highest BCUT2D eigenvalue weighted by molar-refractivity contribution is 7.89. The Morgan fingerprint density at radius 1 is 1.20 bits per heavy atom. The average molecular weight is 300 g/mol. The van der Waals surface area contributed by atoms with Crippen LogP contribution in [0.2, 0.25) is 0 Å². The van der Waals surface area contributed by atoms with Crippen molar-refractivity contribution in [2.24, 2.45) is 0 Å². The van der Waals surface area contributed by atoms with Gasteiger partial charge in [-0.25, -0.2) is 18.4 Å². The molecule has 7 nitrogen and oxygen atoms in total. The molecule has 0 bridgehead atoms. The topological polar surface area (TPSA) is 75.6 Å². The lowest BCUT2D eigenvalue weighted by molar-refractivity contribution is 0.181. The molecule has 2 heterocycles. The molecule has 112 valence electrons. The quantitative estimate of drug-likeness (QED) is 0.759. The van der Waals surface area contributed by atoms with Crippen LogP contribution in [0, 0.1) is 0 Å². The molecule has 0 radical (unpaired) electrons. The lowest BCUT2D eigenvalue weighted by Gasteiger charge is -2.33. The first-order chi connectivity index (χ1) is 9.55. The molecule has 20 heavy (non-hydrogen) atoms. The zero-order valence-electron chi connectivity index (χ0n) is 11.8. The van der Waals surface area contributed by atoms with Gasteiger partial charge in [0.15, 0.2) is 0 Å². The van der Waals surface area contributed by atoms with Gasteiger partial charge < -0.3 is 4.74 Å². The third-order valence-electron chi connectivity index (χ3n) is 3.36. The Morgan fingerprint density at radius 3 is 2.30 bits per heavy atom. The molecule has 0 spiro atoms. The van der Waals surface area contributed by atoms with E-state index in [9.17, 15) is 8.42 Å². The van der Waals surface area contributed by atoms with Crippen LogP contribution in [0.5, 0.6) is 6.01 Å². The van der Waals surface area contributed by atoms with Crippen molar-refractivity contribution in [2.45, 2.75) is 13.5 Å². The van der Waals surface area contributed by atoms with Crippen molar-refractivity contribution in [1.82, 2.24) is 19.2 Å². The molecule has 0 unspecified atom stereocenters. The number of aromatic nitrogens is 2. The summed E-state index contributed by atoms with van der Waals surface area (Å²) in [6.45, 7) is 4.96. The van der Waals surface area contributed by atoms with Gasteiger partial charge in [-0.05, 0) is 6.92 Å². The Hall–Kier alpha value is -1.25. The Bertz CT molecular complexity index is 524. The van der Waals surface area contributed by atoms with Crippen molar-refractivity contribution in [3.05, 3.63) is 18.0 Å². The largest absolute Gasteiger partial charge is 0.467 e. The molecule has 0 aromatic carbocycles. The second-order valence-corrected chi connectivity index (χ2v) is 6.91. The molecule has 1 saturated heterocycles. The molecule has 0 N–H and O–H groups in total. The summed E-state index contributed by atoms with van der Waals surface area (Å²) in [5, 5.41) is 0. The molecule has 1 aromatic heterocycles. The van der Waals surface area contributed by atoms with E-state index in [-0.39, 0.29) is 5.75 Å². The predicted octanol–water partition coefficient (Wildman–Crippen LogP) is -0.0475. The maximum Gasteiger partial charge on any atom is 0.316 e. The highest BCUT2D eigenvalue weighted by atomic mass is 32.2. The summed E-state index contributed by atoms with van der Waals surface area (Å²) in [6, 6.07) is 0.354. The van der Waals surface area contributed by atoms with Crippen LogP contribution >= 0.6 is 0 Å². The van der Waals surface area contributed by atoms with E-state index < -0.39 is 10.0 Å². The van der Waals surface area contributed by atoms with Crippen LogP contribution in [0.3, 0.4) is 0 Å². The van der Waals surface area contributed by atoms with Gasteiger partial charge in [0.2, 0.25) is 10.0 Å². The maximum absolute atomic E-state index is 11.8. The van der Waals surface area contributed by atoms with Crippen molar-refractivity contribution in [3.63, 3.8) is 0 Å². The number of ether oxygens (including phenoxy) is 1. The minimum Gasteiger partial charge on any atom is -0.467 e. The number of hydrogen-bond donors (Lipinski definition) is 0. The van der Waals surface area contributed by atoms with Crippen molar-refractivity contribution in [3.8, 4) is 6.01 Å². The molecule has 0 amide bonds. The molecular formula is C12H20N4O3S. The van der Waals surface area contributed by atoms with E-state index in [1.54, 1.807) is 23.6 Å². The van der Waals surface area contributed by atoms with E-state index in [1.165, 1.54) is 7.11 Å². The predicted molar refractivity (Wildman–Crippen MR) is 74.9 cm³/mol. The van der Waals surface area contributed by atoms with Crippen LogP contribution in [0.15, 0.2) is 12.4 Å². The highest BCUT2D eigenvalue weighted by Gasteiger charge is 2.25. The molecule has 1 aliphatic rings. The summed E-state index contributed by atoms with van der Waals surface area (Å²) in [5.41, 5.74) is 0.998. The van der Waals surface area contributed by atoms with E-state index in [2.05, 4.69) is 14.9 Å². The van der Waals surface area contributed by atoms with Gasteiger partial charge in [-0.1, -0.05) is 0 Å². The summed E-state index contributed by atoms with van der Waals surface area (Å²) in [6.07, 6.45) is 3.47. The van der Waals surface area contributed by atoms with Gasteiger partial charge in [0.1, 0.15) is 0 Å². The number of nitrogens with zero attached hydrogens (tertiary/aromatic N) is 4. The highest BCUT2D eigenvalue weighted by Crippen LogP contribution is 2.11. The fraction of sp³-hybridized carbons (Fsp3) is 0.667. The first kappa shape index (κ1) is 15.1. The van der Waals surface area contributed by atoms with E-state index in [4.69, 9.17) is 4.74 Å². The van der Waals surface area contributed by atoms with Gasteiger partial charge >= 0.3 is 6.01 Å². The van der Waals surface area contributed by atoms with Crippen LogP contribution in [-0.2, 0) is 16.6 Å². The summed E-state index contributed by atoms with van der Waals surface area (Å²) in [4.78, 5) is 10.3. The maximum atomic E-state index is 11.8. The minimum absolute atomic E-state index is 0.166. The SMILES string of the molecule is CCS(=O)(=O)N1CCN(Cc2cnc(OC)nc2)CC1. The van der Waals surface area contributed by atoms with Crippen molar-refractivity contribution in [2.75, 3.05) is 39.0 Å². The number of rotatable bonds is 5. The molecular weight excluding hydrogens is 280 g/mol. The van der Waals surface area contributed by atoms with Crippen LogP contribution in [0.1, 0.15) is 12.5 Å². The Balaban J connectivity index is 1.88. The van der Waals surface area contributed by atoms with E-state index in [1.807, 2.05) is 0 Å². The third kappa shape index (κ3) is 3.65. The Morgan fingerprint density at radius 2 is 1.80 bits per heavy atom. The fourth-order valence-corrected chi connectivity index (χ4v) is 3.22. The zero-order valence-corrected chi connectivity index (χ0v) is 12.6. The van der Waals surface area contributed by atoms with Crippen LogP contribution in [0.25, 0.3) is 0 Å². The average Bonchev–Trinajstić information content (AvgIpc) is 2.48. The second-order valence-electron chi connectivity index (χ2n) is 4.65. The summed E-state index contributed by atoms with van der Waals surface area (Å²) >= 11 is 0. The monoisotopic (exact) mass is 300 g/mol. The standard InChI is InChI=1S/C12H20N4O3S/c1-3-20(17,18)16-6-4-15(5-7-16)10-11-8-13-12(19-2)14-9-11/h8-9H,3-7,10H2,1-2H3. The zero-order chi connectivity index (χ0) is 14.6. The molecule has 1 aliphatic heterocycles. The molecule has 8 heteroatoms. The Labute approximate surface area is 119 Å². The normalized spacial score (nSPS) is 18.1. The molecule has 0 aliphatic carbocycles. The van der Waals surface area contributed by atoms with Gasteiger partial charge in [-0.2, -0.15) is 4.31 Å². The van der Waals surface area contributed by atoms with Crippen molar-refractivity contribution < 1.29 is 13.2 Å². The lowest BCUT2D eigenvalue weighted by atomic mass is 10.3. The van der Waals surface area contributed by atoms with E-state index in [0.29, 0.717) is 19.1 Å². The van der Waals surface area contributed by atoms with Gasteiger partial charge in [0.05, 0.1) is 12.9 Å². The number of sulfonamides is 1. The second kappa shape index (κ2) is 6.47. The molecule has 2 rings (SSSR count). The van der Waals surface area contributed by atoms with E-state index >= 15 is 0 Å². The first-order valence-corrected chi connectivity index (χ1v) is 8.21. The summed E-state index contributed by atoms with van der Waals surface area (Å²) in [7, 11) is -1.53. The van der Waals surface area contributed by atoms with E-state index in [0.717, 1.165) is 25.2 Å². The Kier molecular flexibility index (Phi) is 4.90.